The van der Waals surface area contributed by atoms with Crippen molar-refractivity contribution in [2.24, 2.45) is 0 Å². The lowest BCUT2D eigenvalue weighted by molar-refractivity contribution is 0.600. The van der Waals surface area contributed by atoms with Crippen LogP contribution in [-0.4, -0.2) is 8.42 Å². The Morgan fingerprint density at radius 2 is 1.61 bits per heavy atom. The Kier molecular flexibility index (Phi) is 3.73. The van der Waals surface area contributed by atoms with E-state index in [1.165, 1.54) is 0 Å². The Morgan fingerprint density at radius 3 is 2.28 bits per heavy atom. The largest absolute Gasteiger partial charge is 0.278 e. The van der Waals surface area contributed by atoms with Crippen LogP contribution in [-0.2, 0) is 10.0 Å². The first-order valence-electron chi connectivity index (χ1n) is 5.34. The van der Waals surface area contributed by atoms with Gasteiger partial charge in [0.25, 0.3) is 10.0 Å². The van der Waals surface area contributed by atoms with E-state index in [-0.39, 0.29) is 0 Å². The molecule has 0 bridgehead atoms. The molecule has 0 aliphatic heterocycles. The first-order valence-corrected chi connectivity index (χ1v) is 7.61. The Balaban J connectivity index is 2.40. The lowest BCUT2D eigenvalue weighted by Gasteiger charge is -2.11. The van der Waals surface area contributed by atoms with Crippen molar-refractivity contribution in [3.05, 3.63) is 58.6 Å². The predicted molar refractivity (Wildman–Crippen MR) is 76.1 cm³/mol. The van der Waals surface area contributed by atoms with Gasteiger partial charge in [-0.3, -0.25) is 4.72 Å². The summed E-state index contributed by atoms with van der Waals surface area (Å²) in [5, 5.41) is 0. The van der Waals surface area contributed by atoms with Gasteiger partial charge in [0.05, 0.1) is 10.6 Å². The zero-order chi connectivity index (χ0) is 13.2. The summed E-state index contributed by atoms with van der Waals surface area (Å²) in [4.78, 5) is 0.292. The number of anilines is 1. The monoisotopic (exact) mass is 325 g/mol. The first-order chi connectivity index (χ1) is 8.50. The Hall–Kier alpha value is -1.33. The van der Waals surface area contributed by atoms with E-state index in [9.17, 15) is 8.42 Å². The number of hydrogen-bond acceptors (Lipinski definition) is 2. The van der Waals surface area contributed by atoms with Gasteiger partial charge in [-0.1, -0.05) is 30.3 Å². The van der Waals surface area contributed by atoms with Crippen molar-refractivity contribution < 1.29 is 8.42 Å². The van der Waals surface area contributed by atoms with E-state index in [2.05, 4.69) is 20.7 Å². The zero-order valence-electron chi connectivity index (χ0n) is 9.72. The summed E-state index contributed by atoms with van der Waals surface area (Å²) in [6.07, 6.45) is 0. The van der Waals surface area contributed by atoms with Crippen molar-refractivity contribution >= 4 is 31.6 Å². The van der Waals surface area contributed by atoms with Crippen LogP contribution >= 0.6 is 15.9 Å². The topological polar surface area (TPSA) is 46.2 Å². The van der Waals surface area contributed by atoms with E-state index in [0.717, 1.165) is 5.56 Å². The Morgan fingerprint density at radius 1 is 1.00 bits per heavy atom. The lowest BCUT2D eigenvalue weighted by atomic mass is 10.2. The maximum atomic E-state index is 12.2. The number of rotatable bonds is 3. The van der Waals surface area contributed by atoms with Crippen LogP contribution in [0.4, 0.5) is 5.69 Å². The summed E-state index contributed by atoms with van der Waals surface area (Å²) in [5.41, 5.74) is 1.25. The van der Waals surface area contributed by atoms with Crippen molar-refractivity contribution in [2.45, 2.75) is 11.8 Å². The van der Waals surface area contributed by atoms with Gasteiger partial charge in [0.1, 0.15) is 0 Å². The van der Waals surface area contributed by atoms with Crippen molar-refractivity contribution in [1.82, 2.24) is 0 Å². The maximum Gasteiger partial charge on any atom is 0.262 e. The van der Waals surface area contributed by atoms with Gasteiger partial charge in [-0.15, -0.1) is 0 Å². The molecule has 0 aromatic heterocycles. The summed E-state index contributed by atoms with van der Waals surface area (Å²) in [6, 6.07) is 14.0. The molecule has 0 spiro atoms. The molecule has 0 fully saturated rings. The number of aryl methyl sites for hydroxylation is 1. The molecule has 0 radical (unpaired) electrons. The van der Waals surface area contributed by atoms with Gasteiger partial charge in [0, 0.05) is 4.47 Å². The molecule has 0 saturated heterocycles. The van der Waals surface area contributed by atoms with Crippen molar-refractivity contribution in [2.75, 3.05) is 4.72 Å². The van der Waals surface area contributed by atoms with Crippen molar-refractivity contribution in [1.29, 1.82) is 0 Å². The van der Waals surface area contributed by atoms with E-state index in [4.69, 9.17) is 0 Å². The highest BCUT2D eigenvalue weighted by Crippen LogP contribution is 2.25. The number of para-hydroxylation sites is 1. The second-order valence-electron chi connectivity index (χ2n) is 3.85. The molecule has 2 aromatic rings. The van der Waals surface area contributed by atoms with Crippen LogP contribution in [0.3, 0.4) is 0 Å². The number of hydrogen-bond donors (Lipinski definition) is 1. The van der Waals surface area contributed by atoms with Crippen LogP contribution in [0.5, 0.6) is 0 Å². The molecule has 94 valence electrons. The smallest absolute Gasteiger partial charge is 0.262 e. The van der Waals surface area contributed by atoms with E-state index in [0.29, 0.717) is 15.1 Å². The van der Waals surface area contributed by atoms with E-state index in [1.807, 2.05) is 12.1 Å². The molecule has 0 heterocycles. The van der Waals surface area contributed by atoms with Crippen LogP contribution in [0.2, 0.25) is 0 Å². The van der Waals surface area contributed by atoms with Crippen molar-refractivity contribution in [3.8, 4) is 0 Å². The molecule has 0 unspecified atom stereocenters. The average Bonchev–Trinajstić information content (AvgIpc) is 2.32. The summed E-state index contributed by atoms with van der Waals surface area (Å²) in [6.45, 7) is 1.77. The molecule has 2 aromatic carbocycles. The van der Waals surface area contributed by atoms with Crippen LogP contribution in [0.15, 0.2) is 57.9 Å². The van der Waals surface area contributed by atoms with Crippen LogP contribution < -0.4 is 4.72 Å². The third-order valence-electron chi connectivity index (χ3n) is 2.50. The van der Waals surface area contributed by atoms with E-state index in [1.54, 1.807) is 43.3 Å². The number of nitrogens with one attached hydrogen (secondary N) is 1. The summed E-state index contributed by atoms with van der Waals surface area (Å²) in [5.74, 6) is 0. The number of benzene rings is 2. The first kappa shape index (κ1) is 13.1. The van der Waals surface area contributed by atoms with Crippen LogP contribution in [0, 0.1) is 6.92 Å². The third-order valence-corrected chi connectivity index (χ3v) is 4.72. The third kappa shape index (κ3) is 2.73. The minimum absolute atomic E-state index is 0.292. The fourth-order valence-electron chi connectivity index (χ4n) is 1.60. The summed E-state index contributed by atoms with van der Waals surface area (Å²) >= 11 is 3.31. The fourth-order valence-corrected chi connectivity index (χ4v) is 3.44. The molecule has 5 heteroatoms. The molecule has 0 aliphatic carbocycles. The Labute approximate surface area is 115 Å². The molecule has 0 atom stereocenters. The molecular weight excluding hydrogens is 314 g/mol. The molecule has 2 rings (SSSR count). The second kappa shape index (κ2) is 5.12. The highest BCUT2D eigenvalue weighted by Gasteiger charge is 2.17. The minimum atomic E-state index is -3.55. The van der Waals surface area contributed by atoms with Crippen LogP contribution in [0.1, 0.15) is 5.56 Å². The summed E-state index contributed by atoms with van der Waals surface area (Å²) in [7, 11) is -3.55. The standard InChI is InChI=1S/C13H12BrNO2S/c1-10-6-2-5-9-13(10)18(16,17)15-12-8-4-3-7-11(12)14/h2-9,15H,1H3. The SMILES string of the molecule is Cc1ccccc1S(=O)(=O)Nc1ccccc1Br. The molecular formula is C13H12BrNO2S. The minimum Gasteiger partial charge on any atom is -0.278 e. The fraction of sp³-hybridized carbons (Fsp3) is 0.0769. The summed E-state index contributed by atoms with van der Waals surface area (Å²) < 4.78 is 27.8. The second-order valence-corrected chi connectivity index (χ2v) is 6.36. The van der Waals surface area contributed by atoms with E-state index >= 15 is 0 Å². The van der Waals surface area contributed by atoms with Gasteiger partial charge < -0.3 is 0 Å². The molecule has 0 aliphatic rings. The van der Waals surface area contributed by atoms with Gasteiger partial charge in [0.2, 0.25) is 0 Å². The molecule has 0 saturated carbocycles. The highest BCUT2D eigenvalue weighted by atomic mass is 79.9. The van der Waals surface area contributed by atoms with Crippen LogP contribution in [0.25, 0.3) is 0 Å². The van der Waals surface area contributed by atoms with Gasteiger partial charge in [-0.05, 0) is 46.6 Å². The van der Waals surface area contributed by atoms with E-state index < -0.39 is 10.0 Å². The van der Waals surface area contributed by atoms with Gasteiger partial charge in [-0.2, -0.15) is 0 Å². The normalized spacial score (nSPS) is 11.2. The van der Waals surface area contributed by atoms with Gasteiger partial charge in [0.15, 0.2) is 0 Å². The highest BCUT2D eigenvalue weighted by molar-refractivity contribution is 9.10. The molecule has 1 N–H and O–H groups in total. The van der Waals surface area contributed by atoms with Gasteiger partial charge in [-0.25, -0.2) is 8.42 Å². The number of sulfonamides is 1. The average molecular weight is 326 g/mol. The van der Waals surface area contributed by atoms with Gasteiger partial charge >= 0.3 is 0 Å². The molecule has 3 nitrogen and oxygen atoms in total. The zero-order valence-corrected chi connectivity index (χ0v) is 12.1. The maximum absolute atomic E-state index is 12.2. The quantitative estimate of drug-likeness (QED) is 0.937. The predicted octanol–water partition coefficient (Wildman–Crippen LogP) is 3.56. The molecule has 18 heavy (non-hydrogen) atoms. The Bertz CT molecular complexity index is 668. The van der Waals surface area contributed by atoms with Crippen molar-refractivity contribution in [3.63, 3.8) is 0 Å². The molecule has 0 amide bonds. The number of halogens is 1. The lowest BCUT2D eigenvalue weighted by Crippen LogP contribution is -2.14.